The second kappa shape index (κ2) is 16.2. The number of carbonyl (C=O) groups excluding carboxylic acids is 2. The standard InChI is InChI=1S/C18H29N5O3.C12H10S/c1-12(2)8-16(18(25)26-3)17(24)22-15-6-4-13(5-7-15)10-23(21)11-14(20)9-19;13-12-8-6-11(7-9-12)10-4-2-1-3-5-10/h4-7,11-12,16H,8-10,19-21H2,1-3H3,(H,22,24);1-9,13H/b14-11-;. The Labute approximate surface area is 236 Å². The average molecular weight is 550 g/mol. The number of rotatable bonds is 10. The van der Waals surface area contributed by atoms with Crippen LogP contribution >= 0.6 is 12.6 Å². The zero-order valence-electron chi connectivity index (χ0n) is 22.7. The minimum Gasteiger partial charge on any atom is -0.468 e. The third-order valence-electron chi connectivity index (χ3n) is 5.64. The maximum absolute atomic E-state index is 12.4. The van der Waals surface area contributed by atoms with Crippen molar-refractivity contribution in [3.8, 4) is 11.1 Å². The van der Waals surface area contributed by atoms with Crippen molar-refractivity contribution in [2.75, 3.05) is 19.0 Å². The van der Waals surface area contributed by atoms with Crippen molar-refractivity contribution < 1.29 is 14.3 Å². The van der Waals surface area contributed by atoms with E-state index in [9.17, 15) is 9.59 Å². The number of hydrazine groups is 1. The molecule has 208 valence electrons. The average Bonchev–Trinajstić information content (AvgIpc) is 2.93. The van der Waals surface area contributed by atoms with Gasteiger partial charge in [-0.25, -0.2) is 5.84 Å². The number of nitrogens with zero attached hydrogens (tertiary/aromatic N) is 1. The van der Waals surface area contributed by atoms with Gasteiger partial charge in [0, 0.05) is 29.0 Å². The van der Waals surface area contributed by atoms with Crippen LogP contribution in [0.1, 0.15) is 25.8 Å². The number of benzene rings is 3. The fraction of sp³-hybridized carbons (Fsp3) is 0.267. The van der Waals surface area contributed by atoms with Crippen LogP contribution in [-0.4, -0.2) is 30.5 Å². The first kappa shape index (κ1) is 31.4. The summed E-state index contributed by atoms with van der Waals surface area (Å²) in [5.74, 6) is 4.29. The van der Waals surface area contributed by atoms with E-state index in [1.54, 1.807) is 18.3 Å². The summed E-state index contributed by atoms with van der Waals surface area (Å²) in [5.41, 5.74) is 15.5. The lowest BCUT2D eigenvalue weighted by Gasteiger charge is -2.17. The number of nitrogens with one attached hydrogen (secondary N) is 1. The van der Waals surface area contributed by atoms with Gasteiger partial charge < -0.3 is 26.5 Å². The van der Waals surface area contributed by atoms with E-state index in [0.717, 1.165) is 10.5 Å². The van der Waals surface area contributed by atoms with Crippen LogP contribution in [0.25, 0.3) is 11.1 Å². The van der Waals surface area contributed by atoms with Gasteiger partial charge in [0.15, 0.2) is 0 Å². The molecule has 0 aliphatic carbocycles. The van der Waals surface area contributed by atoms with Gasteiger partial charge in [-0.1, -0.05) is 68.4 Å². The molecule has 3 aromatic carbocycles. The lowest BCUT2D eigenvalue weighted by molar-refractivity contribution is -0.149. The Kier molecular flexibility index (Phi) is 13.1. The molecule has 1 unspecified atom stereocenters. The monoisotopic (exact) mass is 549 g/mol. The first-order valence-electron chi connectivity index (χ1n) is 12.6. The second-order valence-corrected chi connectivity index (χ2v) is 9.90. The highest BCUT2D eigenvalue weighted by Gasteiger charge is 2.28. The van der Waals surface area contributed by atoms with E-state index in [4.69, 9.17) is 22.0 Å². The SMILES string of the molecule is COC(=O)C(CC(C)C)C(=O)Nc1ccc(CN(N)/C=C(\N)CN)cc1.Sc1ccc(-c2ccccc2)cc1. The molecule has 1 atom stereocenters. The van der Waals surface area contributed by atoms with Gasteiger partial charge in [0.2, 0.25) is 5.91 Å². The van der Waals surface area contributed by atoms with Crippen molar-refractivity contribution in [1.29, 1.82) is 0 Å². The number of hydrogen-bond acceptors (Lipinski definition) is 8. The first-order chi connectivity index (χ1) is 18.6. The van der Waals surface area contributed by atoms with E-state index >= 15 is 0 Å². The number of amides is 1. The minimum absolute atomic E-state index is 0.191. The highest BCUT2D eigenvalue weighted by molar-refractivity contribution is 7.80. The van der Waals surface area contributed by atoms with Crippen LogP contribution in [-0.2, 0) is 20.9 Å². The summed E-state index contributed by atoms with van der Waals surface area (Å²) < 4.78 is 4.73. The van der Waals surface area contributed by atoms with Gasteiger partial charge in [0.1, 0.15) is 5.92 Å². The largest absolute Gasteiger partial charge is 0.468 e. The van der Waals surface area contributed by atoms with E-state index in [-0.39, 0.29) is 18.4 Å². The fourth-order valence-corrected chi connectivity index (χ4v) is 3.80. The Morgan fingerprint density at radius 2 is 1.56 bits per heavy atom. The Bertz CT molecular complexity index is 1200. The van der Waals surface area contributed by atoms with E-state index in [1.807, 2.05) is 56.3 Å². The molecule has 1 amide bonds. The molecule has 0 aliphatic rings. The molecule has 9 heteroatoms. The molecule has 0 bridgehead atoms. The molecule has 0 heterocycles. The summed E-state index contributed by atoms with van der Waals surface area (Å²) >= 11 is 4.24. The lowest BCUT2D eigenvalue weighted by atomic mass is 9.96. The second-order valence-electron chi connectivity index (χ2n) is 9.38. The molecule has 3 aromatic rings. The van der Waals surface area contributed by atoms with Crippen molar-refractivity contribution in [2.45, 2.75) is 31.7 Å². The summed E-state index contributed by atoms with van der Waals surface area (Å²) in [6.45, 7) is 4.56. The predicted molar refractivity (Wildman–Crippen MR) is 160 cm³/mol. The van der Waals surface area contributed by atoms with Crippen LogP contribution in [0, 0.1) is 11.8 Å². The van der Waals surface area contributed by atoms with Crippen LogP contribution in [0.3, 0.4) is 0 Å². The van der Waals surface area contributed by atoms with Gasteiger partial charge in [0.25, 0.3) is 0 Å². The fourth-order valence-electron chi connectivity index (χ4n) is 3.65. The number of thiol groups is 1. The van der Waals surface area contributed by atoms with Crippen molar-refractivity contribution in [2.24, 2.45) is 29.1 Å². The van der Waals surface area contributed by atoms with Gasteiger partial charge in [-0.2, -0.15) is 0 Å². The van der Waals surface area contributed by atoms with Crippen molar-refractivity contribution in [3.63, 3.8) is 0 Å². The lowest BCUT2D eigenvalue weighted by Crippen LogP contribution is -2.31. The van der Waals surface area contributed by atoms with Gasteiger partial charge in [0.05, 0.1) is 13.7 Å². The van der Waals surface area contributed by atoms with Crippen molar-refractivity contribution in [1.82, 2.24) is 5.01 Å². The molecule has 0 saturated heterocycles. The molecule has 0 aromatic heterocycles. The molecule has 3 rings (SSSR count). The van der Waals surface area contributed by atoms with Crippen LogP contribution < -0.4 is 22.6 Å². The van der Waals surface area contributed by atoms with Gasteiger partial charge in [-0.3, -0.25) is 9.59 Å². The zero-order valence-corrected chi connectivity index (χ0v) is 23.6. The number of ether oxygens (including phenoxy) is 1. The van der Waals surface area contributed by atoms with E-state index in [2.05, 4.69) is 42.2 Å². The van der Waals surface area contributed by atoms with Crippen LogP contribution in [0.15, 0.2) is 95.7 Å². The summed E-state index contributed by atoms with van der Waals surface area (Å²) in [4.78, 5) is 25.2. The van der Waals surface area contributed by atoms with Crippen molar-refractivity contribution >= 4 is 30.2 Å². The van der Waals surface area contributed by atoms with Gasteiger partial charge in [-0.05, 0) is 53.3 Å². The Morgan fingerprint density at radius 1 is 0.974 bits per heavy atom. The van der Waals surface area contributed by atoms with E-state index in [1.165, 1.54) is 23.2 Å². The summed E-state index contributed by atoms with van der Waals surface area (Å²) in [5, 5.41) is 4.19. The third-order valence-corrected chi connectivity index (χ3v) is 5.94. The molecule has 0 aliphatic heterocycles. The van der Waals surface area contributed by atoms with Gasteiger partial charge in [-0.15, -0.1) is 12.6 Å². The summed E-state index contributed by atoms with van der Waals surface area (Å²) in [6.07, 6.45) is 2.00. The van der Waals surface area contributed by atoms with Crippen molar-refractivity contribution in [3.05, 3.63) is 96.3 Å². The van der Waals surface area contributed by atoms with E-state index < -0.39 is 11.9 Å². The van der Waals surface area contributed by atoms with Gasteiger partial charge >= 0.3 is 5.97 Å². The molecule has 0 spiro atoms. The van der Waals surface area contributed by atoms with Crippen LogP contribution in [0.2, 0.25) is 0 Å². The molecule has 8 nitrogen and oxygen atoms in total. The molecular weight excluding hydrogens is 510 g/mol. The van der Waals surface area contributed by atoms with Crippen LogP contribution in [0.4, 0.5) is 5.69 Å². The molecule has 0 fully saturated rings. The molecule has 7 N–H and O–H groups in total. The third kappa shape index (κ3) is 11.2. The topological polar surface area (TPSA) is 137 Å². The number of nitrogens with two attached hydrogens (primary N) is 3. The Balaban J connectivity index is 0.000000338. The minimum atomic E-state index is -0.830. The van der Waals surface area contributed by atoms with E-state index in [0.29, 0.717) is 24.4 Å². The van der Waals surface area contributed by atoms with Crippen LogP contribution in [0.5, 0.6) is 0 Å². The maximum atomic E-state index is 12.4. The number of carbonyl (C=O) groups is 2. The number of methoxy groups -OCH3 is 1. The molecule has 0 radical (unpaired) electrons. The number of hydrogen-bond donors (Lipinski definition) is 5. The first-order valence-corrected chi connectivity index (χ1v) is 13.1. The highest BCUT2D eigenvalue weighted by atomic mass is 32.1. The number of anilines is 1. The Hall–Kier alpha value is -3.79. The molecule has 39 heavy (non-hydrogen) atoms. The Morgan fingerprint density at radius 3 is 2.10 bits per heavy atom. The smallest absolute Gasteiger partial charge is 0.318 e. The molecule has 0 saturated carbocycles. The normalized spacial score (nSPS) is 11.7. The summed E-state index contributed by atoms with van der Waals surface area (Å²) in [6, 6.07) is 25.7. The zero-order chi connectivity index (χ0) is 28.8. The maximum Gasteiger partial charge on any atom is 0.318 e. The highest BCUT2D eigenvalue weighted by Crippen LogP contribution is 2.20. The number of esters is 1. The summed E-state index contributed by atoms with van der Waals surface area (Å²) in [7, 11) is 1.28. The predicted octanol–water partition coefficient (Wildman–Crippen LogP) is 4.54. The molecular formula is C30H39N5O3S. The quantitative estimate of drug-likeness (QED) is 0.0823.